The van der Waals surface area contributed by atoms with E-state index in [2.05, 4.69) is 9.88 Å². The Morgan fingerprint density at radius 3 is 2.31 bits per heavy atom. The van der Waals surface area contributed by atoms with Gasteiger partial charge in [0.2, 0.25) is 0 Å². The molecule has 0 atom stereocenters. The van der Waals surface area contributed by atoms with Gasteiger partial charge in [-0.25, -0.2) is 4.98 Å². The number of nitrogens with zero attached hydrogens (tertiary/aromatic N) is 2. The van der Waals surface area contributed by atoms with Crippen molar-refractivity contribution in [2.45, 2.75) is 38.7 Å². The number of anilines is 1. The van der Waals surface area contributed by atoms with Gasteiger partial charge in [-0.05, 0) is 24.5 Å². The highest BCUT2D eigenvalue weighted by molar-refractivity contribution is 5.39. The van der Waals surface area contributed by atoms with Crippen LogP contribution in [0.3, 0.4) is 0 Å². The lowest BCUT2D eigenvalue weighted by molar-refractivity contribution is 0.281. The lowest BCUT2D eigenvalue weighted by atomic mass is 10.1. The van der Waals surface area contributed by atoms with Crippen LogP contribution in [0.15, 0.2) is 18.3 Å². The van der Waals surface area contributed by atoms with Crippen molar-refractivity contribution >= 4 is 5.82 Å². The third-order valence-electron chi connectivity index (χ3n) is 3.17. The summed E-state index contributed by atoms with van der Waals surface area (Å²) in [5.74, 6) is 1.05. The summed E-state index contributed by atoms with van der Waals surface area (Å²) in [5, 5.41) is 8.97. The molecule has 1 saturated heterocycles. The van der Waals surface area contributed by atoms with E-state index < -0.39 is 0 Å². The van der Waals surface area contributed by atoms with Crippen LogP contribution in [0.1, 0.15) is 37.7 Å². The highest BCUT2D eigenvalue weighted by Gasteiger charge is 2.09. The number of aliphatic hydroxyl groups excluding tert-OH is 1. The van der Waals surface area contributed by atoms with E-state index in [9.17, 15) is 0 Å². The van der Waals surface area contributed by atoms with E-state index in [1.54, 1.807) is 6.20 Å². The molecule has 0 unspecified atom stereocenters. The van der Waals surface area contributed by atoms with Gasteiger partial charge in [0.25, 0.3) is 0 Å². The van der Waals surface area contributed by atoms with Gasteiger partial charge in [0, 0.05) is 19.3 Å². The number of pyridine rings is 1. The van der Waals surface area contributed by atoms with E-state index in [1.807, 2.05) is 12.1 Å². The lowest BCUT2D eigenvalue weighted by Gasteiger charge is -2.25. The Balaban J connectivity index is 2.02. The van der Waals surface area contributed by atoms with E-state index in [0.717, 1.165) is 24.5 Å². The molecule has 16 heavy (non-hydrogen) atoms. The second-order valence-electron chi connectivity index (χ2n) is 4.44. The van der Waals surface area contributed by atoms with Gasteiger partial charge in [0.1, 0.15) is 5.82 Å². The summed E-state index contributed by atoms with van der Waals surface area (Å²) in [7, 11) is 0. The van der Waals surface area contributed by atoms with Crippen LogP contribution in [0, 0.1) is 0 Å². The summed E-state index contributed by atoms with van der Waals surface area (Å²) in [6.45, 7) is 2.31. The molecule has 2 heterocycles. The first kappa shape index (κ1) is 11.4. The van der Waals surface area contributed by atoms with Crippen molar-refractivity contribution in [3.8, 4) is 0 Å². The van der Waals surface area contributed by atoms with Crippen LogP contribution in [-0.4, -0.2) is 23.2 Å². The summed E-state index contributed by atoms with van der Waals surface area (Å²) >= 11 is 0. The van der Waals surface area contributed by atoms with Gasteiger partial charge in [-0.1, -0.05) is 25.3 Å². The molecule has 1 aromatic rings. The van der Waals surface area contributed by atoms with Gasteiger partial charge < -0.3 is 10.0 Å². The minimum atomic E-state index is 0.0767. The zero-order valence-electron chi connectivity index (χ0n) is 9.73. The Morgan fingerprint density at radius 1 is 1.06 bits per heavy atom. The molecular weight excluding hydrogens is 200 g/mol. The molecule has 1 fully saturated rings. The third kappa shape index (κ3) is 2.95. The van der Waals surface area contributed by atoms with Crippen LogP contribution in [-0.2, 0) is 6.61 Å². The molecule has 1 aromatic heterocycles. The monoisotopic (exact) mass is 220 g/mol. The van der Waals surface area contributed by atoms with Gasteiger partial charge in [-0.15, -0.1) is 0 Å². The summed E-state index contributed by atoms with van der Waals surface area (Å²) in [4.78, 5) is 6.77. The number of aliphatic hydroxyl groups is 1. The lowest BCUT2D eigenvalue weighted by Crippen LogP contribution is -2.27. The molecule has 1 N–H and O–H groups in total. The maximum atomic E-state index is 8.97. The molecule has 1 aliphatic heterocycles. The van der Waals surface area contributed by atoms with Crippen molar-refractivity contribution in [3.63, 3.8) is 0 Å². The maximum Gasteiger partial charge on any atom is 0.128 e. The number of hydrogen-bond acceptors (Lipinski definition) is 3. The van der Waals surface area contributed by atoms with Crippen LogP contribution in [0.25, 0.3) is 0 Å². The fourth-order valence-electron chi connectivity index (χ4n) is 2.17. The van der Waals surface area contributed by atoms with Gasteiger partial charge >= 0.3 is 0 Å². The van der Waals surface area contributed by atoms with Crippen LogP contribution in [0.5, 0.6) is 0 Å². The number of hydrogen-bond donors (Lipinski definition) is 1. The molecule has 2 rings (SSSR count). The Hall–Kier alpha value is -1.09. The molecule has 0 bridgehead atoms. The molecule has 0 aromatic carbocycles. The number of aromatic nitrogens is 1. The molecular formula is C13H20N2O. The van der Waals surface area contributed by atoms with Crippen molar-refractivity contribution in [2.24, 2.45) is 0 Å². The van der Waals surface area contributed by atoms with Crippen LogP contribution >= 0.6 is 0 Å². The van der Waals surface area contributed by atoms with Crippen LogP contribution < -0.4 is 4.90 Å². The van der Waals surface area contributed by atoms with Crippen molar-refractivity contribution < 1.29 is 5.11 Å². The Kier molecular flexibility index (Phi) is 4.17. The Labute approximate surface area is 97.1 Å². The summed E-state index contributed by atoms with van der Waals surface area (Å²) in [5.41, 5.74) is 0.885. The minimum Gasteiger partial charge on any atom is -0.392 e. The molecule has 3 heteroatoms. The summed E-state index contributed by atoms with van der Waals surface area (Å²) < 4.78 is 0. The molecule has 0 spiro atoms. The average molecular weight is 220 g/mol. The van der Waals surface area contributed by atoms with Gasteiger partial charge in [-0.3, -0.25) is 0 Å². The van der Waals surface area contributed by atoms with Crippen LogP contribution in [0.4, 0.5) is 5.82 Å². The second-order valence-corrected chi connectivity index (χ2v) is 4.44. The zero-order chi connectivity index (χ0) is 11.2. The van der Waals surface area contributed by atoms with Crippen LogP contribution in [0.2, 0.25) is 0 Å². The normalized spacial score (nSPS) is 17.9. The van der Waals surface area contributed by atoms with Crippen molar-refractivity contribution in [1.82, 2.24) is 4.98 Å². The van der Waals surface area contributed by atoms with Gasteiger partial charge in [0.15, 0.2) is 0 Å². The second kappa shape index (κ2) is 5.85. The first-order valence-corrected chi connectivity index (χ1v) is 6.21. The zero-order valence-corrected chi connectivity index (χ0v) is 9.73. The molecule has 3 nitrogen and oxygen atoms in total. The Bertz CT molecular complexity index is 302. The first-order valence-electron chi connectivity index (χ1n) is 6.21. The predicted octanol–water partition coefficient (Wildman–Crippen LogP) is 2.34. The molecule has 1 aliphatic rings. The van der Waals surface area contributed by atoms with Crippen molar-refractivity contribution in [1.29, 1.82) is 0 Å². The van der Waals surface area contributed by atoms with Crippen molar-refractivity contribution in [2.75, 3.05) is 18.0 Å². The molecule has 0 amide bonds. The summed E-state index contributed by atoms with van der Waals surface area (Å²) in [6, 6.07) is 3.98. The van der Waals surface area contributed by atoms with Gasteiger partial charge in [-0.2, -0.15) is 0 Å². The predicted molar refractivity (Wildman–Crippen MR) is 65.5 cm³/mol. The molecule has 0 aliphatic carbocycles. The van der Waals surface area contributed by atoms with E-state index in [0.29, 0.717) is 0 Å². The summed E-state index contributed by atoms with van der Waals surface area (Å²) in [6.07, 6.45) is 8.36. The maximum absolute atomic E-state index is 8.97. The first-order chi connectivity index (χ1) is 7.90. The van der Waals surface area contributed by atoms with E-state index in [1.165, 1.54) is 32.1 Å². The number of rotatable bonds is 2. The molecule has 0 radical (unpaired) electrons. The van der Waals surface area contributed by atoms with Crippen molar-refractivity contribution in [3.05, 3.63) is 23.9 Å². The van der Waals surface area contributed by atoms with E-state index in [-0.39, 0.29) is 6.61 Å². The van der Waals surface area contributed by atoms with E-state index >= 15 is 0 Å². The quantitative estimate of drug-likeness (QED) is 0.831. The average Bonchev–Trinajstić information content (AvgIpc) is 2.29. The smallest absolute Gasteiger partial charge is 0.128 e. The molecule has 88 valence electrons. The fourth-order valence-corrected chi connectivity index (χ4v) is 2.17. The standard InChI is InChI=1S/C13H20N2O/c16-11-12-6-7-13(14-10-12)15-8-4-2-1-3-5-9-15/h6-7,10,16H,1-5,8-9,11H2. The van der Waals surface area contributed by atoms with Gasteiger partial charge in [0.05, 0.1) is 6.61 Å². The Morgan fingerprint density at radius 2 is 1.75 bits per heavy atom. The third-order valence-corrected chi connectivity index (χ3v) is 3.17. The fraction of sp³-hybridized carbons (Fsp3) is 0.615. The minimum absolute atomic E-state index is 0.0767. The topological polar surface area (TPSA) is 36.4 Å². The SMILES string of the molecule is OCc1ccc(N2CCCCCCC2)nc1. The van der Waals surface area contributed by atoms with E-state index in [4.69, 9.17) is 5.11 Å². The molecule has 0 saturated carbocycles. The largest absolute Gasteiger partial charge is 0.392 e. The highest BCUT2D eigenvalue weighted by atomic mass is 16.3. The highest BCUT2D eigenvalue weighted by Crippen LogP contribution is 2.17.